The molecule has 122 valence electrons. The van der Waals surface area contributed by atoms with Crippen molar-refractivity contribution in [3.8, 4) is 5.75 Å². The summed E-state index contributed by atoms with van der Waals surface area (Å²) in [6.45, 7) is 0.529. The third-order valence-corrected chi connectivity index (χ3v) is 2.95. The molecule has 1 aromatic heterocycles. The first-order valence-electron chi connectivity index (χ1n) is 6.88. The molecule has 0 unspecified atom stereocenters. The van der Waals surface area contributed by atoms with Crippen LogP contribution < -0.4 is 15.5 Å². The van der Waals surface area contributed by atoms with Crippen LogP contribution in [0.5, 0.6) is 5.75 Å². The van der Waals surface area contributed by atoms with Crippen LogP contribution >= 0.6 is 0 Å². The topological polar surface area (TPSA) is 77.8 Å². The van der Waals surface area contributed by atoms with Crippen LogP contribution in [-0.4, -0.2) is 26.2 Å². The van der Waals surface area contributed by atoms with Crippen LogP contribution in [-0.2, 0) is 11.3 Å². The molecule has 6 nitrogen and oxygen atoms in total. The van der Waals surface area contributed by atoms with Gasteiger partial charge in [0.05, 0.1) is 6.61 Å². The molecule has 0 aliphatic heterocycles. The number of carbonyl (C=O) groups excluding carboxylic acids is 1. The second-order valence-electron chi connectivity index (χ2n) is 4.60. The summed E-state index contributed by atoms with van der Waals surface area (Å²) < 4.78 is 28.6. The lowest BCUT2D eigenvalue weighted by Crippen LogP contribution is -2.27. The monoisotopic (exact) mass is 321 g/mol. The smallest absolute Gasteiger partial charge is 0.287 e. The molecule has 0 aliphatic rings. The first kappa shape index (κ1) is 16.7. The van der Waals surface area contributed by atoms with Crippen molar-refractivity contribution in [2.45, 2.75) is 6.61 Å². The Morgan fingerprint density at radius 1 is 1.35 bits per heavy atom. The number of rotatable bonds is 7. The van der Waals surface area contributed by atoms with Gasteiger partial charge < -0.3 is 19.2 Å². The Hall–Kier alpha value is -2.67. The van der Waals surface area contributed by atoms with E-state index < -0.39 is 17.2 Å². The maximum atomic E-state index is 13.5. The van der Waals surface area contributed by atoms with Crippen LogP contribution in [0.2, 0.25) is 0 Å². The maximum Gasteiger partial charge on any atom is 0.287 e. The number of nitrogens with one attached hydrogen (secondary N) is 1. The van der Waals surface area contributed by atoms with E-state index in [-0.39, 0.29) is 18.1 Å². The zero-order chi connectivity index (χ0) is 16.7. The highest BCUT2D eigenvalue weighted by molar-refractivity contribution is 5.91. The van der Waals surface area contributed by atoms with Crippen LogP contribution in [0, 0.1) is 5.82 Å². The van der Waals surface area contributed by atoms with Crippen LogP contribution in [0.3, 0.4) is 0 Å². The number of amides is 1. The van der Waals surface area contributed by atoms with Gasteiger partial charge in [-0.05, 0) is 6.07 Å². The lowest BCUT2D eigenvalue weighted by molar-refractivity contribution is 0.0906. The van der Waals surface area contributed by atoms with Crippen molar-refractivity contribution in [2.24, 2.45) is 0 Å². The molecule has 0 bridgehead atoms. The van der Waals surface area contributed by atoms with Gasteiger partial charge in [-0.3, -0.25) is 9.59 Å². The van der Waals surface area contributed by atoms with E-state index in [9.17, 15) is 14.0 Å². The molecule has 1 heterocycles. The quantitative estimate of drug-likeness (QED) is 0.786. The molecule has 0 saturated heterocycles. The number of hydrogen-bond acceptors (Lipinski definition) is 5. The normalized spacial score (nSPS) is 10.3. The number of hydrogen-bond donors (Lipinski definition) is 1. The van der Waals surface area contributed by atoms with E-state index in [4.69, 9.17) is 13.9 Å². The van der Waals surface area contributed by atoms with Crippen molar-refractivity contribution in [2.75, 3.05) is 20.3 Å². The average Bonchev–Trinajstić information content (AvgIpc) is 2.55. The maximum absolute atomic E-state index is 13.5. The standard InChI is InChI=1S/C16H16FNO5/c1-21-7-6-18-16(20)14-8-13(19)15(10-23-14)22-9-11-4-2-3-5-12(11)17/h2-5,8,10H,6-7,9H2,1H3,(H,18,20). The molecule has 7 heteroatoms. The number of carbonyl (C=O) groups is 1. The van der Waals surface area contributed by atoms with Crippen LogP contribution in [0.25, 0.3) is 0 Å². The first-order valence-corrected chi connectivity index (χ1v) is 6.88. The van der Waals surface area contributed by atoms with E-state index in [0.29, 0.717) is 18.7 Å². The zero-order valence-corrected chi connectivity index (χ0v) is 12.5. The summed E-state index contributed by atoms with van der Waals surface area (Å²) in [4.78, 5) is 23.6. The average molecular weight is 321 g/mol. The van der Waals surface area contributed by atoms with Gasteiger partial charge in [0.15, 0.2) is 5.76 Å². The Morgan fingerprint density at radius 3 is 2.83 bits per heavy atom. The predicted octanol–water partition coefficient (Wildman–Crippen LogP) is 1.73. The Labute approximate surface area is 131 Å². The minimum atomic E-state index is -0.528. The fourth-order valence-corrected chi connectivity index (χ4v) is 1.75. The summed E-state index contributed by atoms with van der Waals surface area (Å²) >= 11 is 0. The van der Waals surface area contributed by atoms with Crippen molar-refractivity contribution < 1.29 is 23.1 Å². The number of methoxy groups -OCH3 is 1. The second kappa shape index (κ2) is 8.09. The summed E-state index contributed by atoms with van der Waals surface area (Å²) in [5.74, 6) is -1.18. The SMILES string of the molecule is COCCNC(=O)c1cc(=O)c(OCc2ccccc2F)co1. The lowest BCUT2D eigenvalue weighted by Gasteiger charge is -2.07. The van der Waals surface area contributed by atoms with Crippen molar-refractivity contribution in [3.05, 3.63) is 64.0 Å². The van der Waals surface area contributed by atoms with E-state index >= 15 is 0 Å². The summed E-state index contributed by atoms with van der Waals surface area (Å²) in [6.07, 6.45) is 1.04. The van der Waals surface area contributed by atoms with Crippen LogP contribution in [0.1, 0.15) is 16.1 Å². The van der Waals surface area contributed by atoms with E-state index in [1.807, 2.05) is 0 Å². The molecule has 0 aliphatic carbocycles. The molecule has 0 spiro atoms. The molecular formula is C16H16FNO5. The van der Waals surface area contributed by atoms with Gasteiger partial charge in [0.1, 0.15) is 18.7 Å². The third kappa shape index (κ3) is 4.65. The minimum absolute atomic E-state index is 0.0957. The van der Waals surface area contributed by atoms with Crippen molar-refractivity contribution in [1.82, 2.24) is 5.32 Å². The highest BCUT2D eigenvalue weighted by Gasteiger charge is 2.12. The molecule has 0 atom stereocenters. The fourth-order valence-electron chi connectivity index (χ4n) is 1.75. The van der Waals surface area contributed by atoms with E-state index in [1.54, 1.807) is 18.2 Å². The molecule has 0 radical (unpaired) electrons. The molecular weight excluding hydrogens is 305 g/mol. The van der Waals surface area contributed by atoms with Gasteiger partial charge in [-0.15, -0.1) is 0 Å². The van der Waals surface area contributed by atoms with Crippen molar-refractivity contribution in [1.29, 1.82) is 0 Å². The predicted molar refractivity (Wildman–Crippen MR) is 79.9 cm³/mol. The molecule has 2 rings (SSSR count). The Bertz CT molecular complexity index is 728. The number of benzene rings is 1. The summed E-state index contributed by atoms with van der Waals surface area (Å²) in [7, 11) is 1.51. The first-order chi connectivity index (χ1) is 11.1. The van der Waals surface area contributed by atoms with Crippen LogP contribution in [0.4, 0.5) is 4.39 Å². The second-order valence-corrected chi connectivity index (χ2v) is 4.60. The largest absolute Gasteiger partial charge is 0.482 e. The lowest BCUT2D eigenvalue weighted by atomic mass is 10.2. The molecule has 0 fully saturated rings. The Balaban J connectivity index is 2.01. The molecule has 23 heavy (non-hydrogen) atoms. The summed E-state index contributed by atoms with van der Waals surface area (Å²) in [5.41, 5.74) is -0.210. The third-order valence-electron chi connectivity index (χ3n) is 2.95. The summed E-state index contributed by atoms with van der Waals surface area (Å²) in [5, 5.41) is 2.52. The molecule has 1 aromatic carbocycles. The molecule has 2 aromatic rings. The Kier molecular flexibility index (Phi) is 5.87. The van der Waals surface area contributed by atoms with Gasteiger partial charge in [-0.2, -0.15) is 0 Å². The number of ether oxygens (including phenoxy) is 2. The molecule has 1 amide bonds. The van der Waals surface area contributed by atoms with Gasteiger partial charge in [0.2, 0.25) is 11.2 Å². The molecule has 1 N–H and O–H groups in total. The van der Waals surface area contributed by atoms with Crippen molar-refractivity contribution >= 4 is 5.91 Å². The highest BCUT2D eigenvalue weighted by Crippen LogP contribution is 2.11. The van der Waals surface area contributed by atoms with E-state index in [1.165, 1.54) is 13.2 Å². The Morgan fingerprint density at radius 2 is 2.13 bits per heavy atom. The highest BCUT2D eigenvalue weighted by atomic mass is 19.1. The zero-order valence-electron chi connectivity index (χ0n) is 12.5. The minimum Gasteiger partial charge on any atom is -0.482 e. The van der Waals surface area contributed by atoms with Gasteiger partial charge in [-0.25, -0.2) is 4.39 Å². The van der Waals surface area contributed by atoms with Crippen LogP contribution in [0.15, 0.2) is 45.8 Å². The van der Waals surface area contributed by atoms with Crippen molar-refractivity contribution in [3.63, 3.8) is 0 Å². The van der Waals surface area contributed by atoms with Gasteiger partial charge in [-0.1, -0.05) is 18.2 Å². The van der Waals surface area contributed by atoms with E-state index in [0.717, 1.165) is 12.3 Å². The number of halogens is 1. The van der Waals surface area contributed by atoms with Gasteiger partial charge in [0, 0.05) is 25.3 Å². The van der Waals surface area contributed by atoms with Gasteiger partial charge >= 0.3 is 0 Å². The molecule has 0 saturated carbocycles. The fraction of sp³-hybridized carbons (Fsp3) is 0.250. The summed E-state index contributed by atoms with van der Waals surface area (Å²) in [6, 6.07) is 7.10. The van der Waals surface area contributed by atoms with E-state index in [2.05, 4.69) is 5.32 Å². The van der Waals surface area contributed by atoms with Gasteiger partial charge in [0.25, 0.3) is 5.91 Å².